The van der Waals surface area contributed by atoms with Gasteiger partial charge in [-0.05, 0) is 24.3 Å². The van der Waals surface area contributed by atoms with Crippen LogP contribution in [0.3, 0.4) is 0 Å². The van der Waals surface area contributed by atoms with Gasteiger partial charge in [0.2, 0.25) is 5.91 Å². The molecule has 6 heteroatoms. The second-order valence-electron chi connectivity index (χ2n) is 5.11. The number of benzene rings is 2. The van der Waals surface area contributed by atoms with E-state index in [0.717, 1.165) is 0 Å². The summed E-state index contributed by atoms with van der Waals surface area (Å²) in [5.74, 6) is -0.159. The number of fused-ring (bicyclic) bond motifs is 1. The van der Waals surface area contributed by atoms with Gasteiger partial charge in [-0.15, -0.1) is 0 Å². The van der Waals surface area contributed by atoms with Crippen molar-refractivity contribution in [2.24, 2.45) is 0 Å². The van der Waals surface area contributed by atoms with Crippen molar-refractivity contribution in [2.75, 3.05) is 5.32 Å². The van der Waals surface area contributed by atoms with Crippen LogP contribution in [0.4, 0.5) is 5.69 Å². The van der Waals surface area contributed by atoms with E-state index in [9.17, 15) is 14.7 Å². The Balaban J connectivity index is 1.70. The fourth-order valence-electron chi connectivity index (χ4n) is 2.29. The van der Waals surface area contributed by atoms with Crippen molar-refractivity contribution in [3.63, 3.8) is 0 Å². The smallest absolute Gasteiger partial charge is 0.261 e. The number of hydrogen-bond acceptors (Lipinski definition) is 4. The van der Waals surface area contributed by atoms with Gasteiger partial charge in [-0.25, -0.2) is 4.98 Å². The molecule has 1 heterocycles. The molecule has 0 aliphatic heterocycles. The number of para-hydroxylation sites is 1. The predicted molar refractivity (Wildman–Crippen MR) is 87.4 cm³/mol. The van der Waals surface area contributed by atoms with Crippen LogP contribution in [0.2, 0.25) is 0 Å². The van der Waals surface area contributed by atoms with Crippen molar-refractivity contribution in [3.05, 3.63) is 65.2 Å². The molecule has 0 atom stereocenters. The third-order valence-electron chi connectivity index (χ3n) is 3.44. The van der Waals surface area contributed by atoms with E-state index in [2.05, 4.69) is 10.3 Å². The molecule has 0 spiro atoms. The maximum atomic E-state index is 12.3. The number of hydrogen-bond donors (Lipinski definition) is 2. The van der Waals surface area contributed by atoms with Crippen molar-refractivity contribution in [2.45, 2.75) is 13.0 Å². The lowest BCUT2D eigenvalue weighted by Crippen LogP contribution is -2.23. The standard InChI is InChI=1S/C17H15N3O3/c21-13-5-3-4-12(10-13)19-16(22)8-9-20-11-18-15-7-2-1-6-14(15)17(20)23/h1-7,10-11,21H,8-9H2,(H,19,22). The summed E-state index contributed by atoms with van der Waals surface area (Å²) in [6.07, 6.45) is 1.59. The Morgan fingerprint density at radius 3 is 2.83 bits per heavy atom. The molecule has 1 aromatic heterocycles. The summed E-state index contributed by atoms with van der Waals surface area (Å²) in [4.78, 5) is 28.5. The van der Waals surface area contributed by atoms with Crippen LogP contribution in [-0.4, -0.2) is 20.6 Å². The monoisotopic (exact) mass is 309 g/mol. The molecule has 23 heavy (non-hydrogen) atoms. The highest BCUT2D eigenvalue weighted by Crippen LogP contribution is 2.15. The van der Waals surface area contributed by atoms with E-state index < -0.39 is 0 Å². The van der Waals surface area contributed by atoms with Gasteiger partial charge < -0.3 is 10.4 Å². The molecular formula is C17H15N3O3. The topological polar surface area (TPSA) is 84.2 Å². The van der Waals surface area contributed by atoms with E-state index in [1.54, 1.807) is 30.3 Å². The molecule has 0 unspecified atom stereocenters. The van der Waals surface area contributed by atoms with Gasteiger partial charge in [0.15, 0.2) is 0 Å². The molecule has 0 aliphatic rings. The number of carbonyl (C=O) groups excluding carboxylic acids is 1. The molecule has 1 amide bonds. The van der Waals surface area contributed by atoms with Crippen LogP contribution < -0.4 is 10.9 Å². The second kappa shape index (κ2) is 6.31. The maximum Gasteiger partial charge on any atom is 0.261 e. The van der Waals surface area contributed by atoms with Gasteiger partial charge >= 0.3 is 0 Å². The number of aryl methyl sites for hydroxylation is 1. The SMILES string of the molecule is O=C(CCn1cnc2ccccc2c1=O)Nc1cccc(O)c1. The summed E-state index contributed by atoms with van der Waals surface area (Å²) in [6, 6.07) is 13.4. The number of phenolic OH excluding ortho intramolecular Hbond substituents is 1. The summed E-state index contributed by atoms with van der Waals surface area (Å²) >= 11 is 0. The Hall–Kier alpha value is -3.15. The average molecular weight is 309 g/mol. The molecule has 0 aliphatic carbocycles. The van der Waals surface area contributed by atoms with Crippen LogP contribution in [0.5, 0.6) is 5.75 Å². The zero-order valence-electron chi connectivity index (χ0n) is 12.3. The Labute approximate surface area is 132 Å². The highest BCUT2D eigenvalue weighted by atomic mass is 16.3. The van der Waals surface area contributed by atoms with Crippen LogP contribution in [0.25, 0.3) is 10.9 Å². The zero-order chi connectivity index (χ0) is 16.2. The minimum atomic E-state index is -0.240. The quantitative estimate of drug-likeness (QED) is 0.773. The Bertz CT molecular complexity index is 918. The minimum Gasteiger partial charge on any atom is -0.508 e. The number of aromatic nitrogens is 2. The Morgan fingerprint density at radius 1 is 1.17 bits per heavy atom. The molecule has 116 valence electrons. The number of carbonyl (C=O) groups is 1. The van der Waals surface area contributed by atoms with E-state index in [0.29, 0.717) is 16.6 Å². The molecule has 0 radical (unpaired) electrons. The van der Waals surface area contributed by atoms with Crippen molar-refractivity contribution in [3.8, 4) is 5.75 Å². The Kier molecular flexibility index (Phi) is 4.05. The summed E-state index contributed by atoms with van der Waals surface area (Å²) in [5.41, 5.74) is 0.984. The van der Waals surface area contributed by atoms with Crippen molar-refractivity contribution in [1.29, 1.82) is 0 Å². The number of phenols is 1. The first-order valence-corrected chi connectivity index (χ1v) is 7.16. The largest absolute Gasteiger partial charge is 0.508 e. The van der Waals surface area contributed by atoms with Crippen LogP contribution in [-0.2, 0) is 11.3 Å². The lowest BCUT2D eigenvalue weighted by molar-refractivity contribution is -0.116. The molecule has 2 N–H and O–H groups in total. The zero-order valence-corrected chi connectivity index (χ0v) is 12.3. The number of nitrogens with one attached hydrogen (secondary N) is 1. The van der Waals surface area contributed by atoms with Crippen LogP contribution in [0.15, 0.2) is 59.7 Å². The number of nitrogens with zero attached hydrogens (tertiary/aromatic N) is 2. The number of amides is 1. The van der Waals surface area contributed by atoms with Gasteiger partial charge in [0.1, 0.15) is 5.75 Å². The summed E-state index contributed by atoms with van der Waals surface area (Å²) < 4.78 is 1.42. The maximum absolute atomic E-state index is 12.3. The lowest BCUT2D eigenvalue weighted by atomic mass is 10.2. The third kappa shape index (κ3) is 3.37. The summed E-state index contributed by atoms with van der Waals surface area (Å²) in [7, 11) is 0. The molecule has 0 fully saturated rings. The fraction of sp³-hybridized carbons (Fsp3) is 0.118. The van der Waals surface area contributed by atoms with Gasteiger partial charge in [-0.2, -0.15) is 0 Å². The van der Waals surface area contributed by atoms with E-state index >= 15 is 0 Å². The molecule has 3 rings (SSSR count). The van der Waals surface area contributed by atoms with Crippen LogP contribution >= 0.6 is 0 Å². The van der Waals surface area contributed by atoms with Gasteiger partial charge in [0, 0.05) is 24.7 Å². The van der Waals surface area contributed by atoms with E-state index in [4.69, 9.17) is 0 Å². The lowest BCUT2D eigenvalue weighted by Gasteiger charge is -2.08. The first-order chi connectivity index (χ1) is 11.1. The normalized spacial score (nSPS) is 10.6. The molecule has 6 nitrogen and oxygen atoms in total. The highest BCUT2D eigenvalue weighted by Gasteiger charge is 2.07. The number of aromatic hydroxyl groups is 1. The van der Waals surface area contributed by atoms with Crippen LogP contribution in [0, 0.1) is 0 Å². The van der Waals surface area contributed by atoms with Gasteiger partial charge in [0.05, 0.1) is 17.2 Å². The van der Waals surface area contributed by atoms with Crippen molar-refractivity contribution < 1.29 is 9.90 Å². The first kappa shape index (κ1) is 14.8. The van der Waals surface area contributed by atoms with Gasteiger partial charge in [-0.1, -0.05) is 18.2 Å². The fourth-order valence-corrected chi connectivity index (χ4v) is 2.29. The number of anilines is 1. The highest BCUT2D eigenvalue weighted by molar-refractivity contribution is 5.90. The van der Waals surface area contributed by atoms with Gasteiger partial charge in [-0.3, -0.25) is 14.2 Å². The van der Waals surface area contributed by atoms with E-state index in [-0.39, 0.29) is 30.2 Å². The Morgan fingerprint density at radius 2 is 2.00 bits per heavy atom. The van der Waals surface area contributed by atoms with E-state index in [1.165, 1.54) is 23.0 Å². The molecule has 3 aromatic rings. The third-order valence-corrected chi connectivity index (χ3v) is 3.44. The van der Waals surface area contributed by atoms with Crippen molar-refractivity contribution in [1.82, 2.24) is 9.55 Å². The molecule has 2 aromatic carbocycles. The molecular weight excluding hydrogens is 294 g/mol. The first-order valence-electron chi connectivity index (χ1n) is 7.16. The number of rotatable bonds is 4. The van der Waals surface area contributed by atoms with E-state index in [1.807, 2.05) is 6.07 Å². The second-order valence-corrected chi connectivity index (χ2v) is 5.11. The van der Waals surface area contributed by atoms with Gasteiger partial charge in [0.25, 0.3) is 5.56 Å². The molecule has 0 saturated carbocycles. The minimum absolute atomic E-state index is 0.0812. The summed E-state index contributed by atoms with van der Waals surface area (Å²) in [5, 5.41) is 12.6. The molecule has 0 saturated heterocycles. The summed E-state index contributed by atoms with van der Waals surface area (Å²) in [6.45, 7) is 0.237. The van der Waals surface area contributed by atoms with Crippen LogP contribution in [0.1, 0.15) is 6.42 Å². The molecule has 0 bridgehead atoms. The predicted octanol–water partition coefficient (Wildman–Crippen LogP) is 2.13. The van der Waals surface area contributed by atoms with Crippen molar-refractivity contribution >= 4 is 22.5 Å². The average Bonchev–Trinajstić information content (AvgIpc) is 2.54.